The molecule has 0 aliphatic carbocycles. The summed E-state index contributed by atoms with van der Waals surface area (Å²) in [6, 6.07) is 7.60. The largest absolute Gasteiger partial charge is 0.381 e. The zero-order valence-electron chi connectivity index (χ0n) is 13.8. The van der Waals surface area contributed by atoms with Crippen molar-refractivity contribution < 1.29 is 13.2 Å². The highest BCUT2D eigenvalue weighted by molar-refractivity contribution is 7.90. The average Bonchev–Trinajstić information content (AvgIpc) is 2.52. The summed E-state index contributed by atoms with van der Waals surface area (Å²) >= 11 is 0. The smallest absolute Gasteiger partial charge is 0.175 e. The van der Waals surface area contributed by atoms with Crippen LogP contribution >= 0.6 is 0 Å². The summed E-state index contributed by atoms with van der Waals surface area (Å²) in [5.74, 6) is 0.603. The van der Waals surface area contributed by atoms with E-state index >= 15 is 0 Å². The highest BCUT2D eigenvalue weighted by atomic mass is 32.2. The van der Waals surface area contributed by atoms with Crippen molar-refractivity contribution in [1.82, 2.24) is 4.90 Å². The second kappa shape index (κ2) is 7.57. The molecular formula is C17H27NO3S. The quantitative estimate of drug-likeness (QED) is 0.807. The monoisotopic (exact) mass is 325 g/mol. The normalized spacial score (nSPS) is 21.7. The van der Waals surface area contributed by atoms with Gasteiger partial charge in [-0.05, 0) is 56.8 Å². The van der Waals surface area contributed by atoms with Gasteiger partial charge in [-0.25, -0.2) is 8.42 Å². The number of rotatable bonds is 6. The summed E-state index contributed by atoms with van der Waals surface area (Å²) in [7, 11) is -3.12. The van der Waals surface area contributed by atoms with E-state index in [0.717, 1.165) is 26.3 Å². The van der Waals surface area contributed by atoms with Crippen LogP contribution in [0.15, 0.2) is 29.2 Å². The molecule has 0 radical (unpaired) electrons. The SMILES string of the molecule is CCOCC1CCCN(C(C)c2ccc(S(C)(=O)=O)cc2)C1. The second-order valence-corrected chi connectivity index (χ2v) is 8.20. The molecule has 2 atom stereocenters. The van der Waals surface area contributed by atoms with Gasteiger partial charge < -0.3 is 4.74 Å². The van der Waals surface area contributed by atoms with Gasteiger partial charge in [0.25, 0.3) is 0 Å². The van der Waals surface area contributed by atoms with E-state index in [0.29, 0.717) is 16.9 Å². The van der Waals surface area contributed by atoms with Crippen LogP contribution in [0, 0.1) is 5.92 Å². The Kier molecular flexibility index (Phi) is 6.01. The molecule has 1 aromatic carbocycles. The third kappa shape index (κ3) is 4.54. The lowest BCUT2D eigenvalue weighted by molar-refractivity contribution is 0.0537. The molecule has 0 N–H and O–H groups in total. The maximum absolute atomic E-state index is 11.5. The first kappa shape index (κ1) is 17.4. The van der Waals surface area contributed by atoms with Crippen molar-refractivity contribution in [3.63, 3.8) is 0 Å². The van der Waals surface area contributed by atoms with E-state index in [9.17, 15) is 8.42 Å². The lowest BCUT2D eigenvalue weighted by atomic mass is 9.96. The van der Waals surface area contributed by atoms with Gasteiger partial charge in [-0.3, -0.25) is 4.90 Å². The summed E-state index contributed by atoms with van der Waals surface area (Å²) in [5, 5.41) is 0. The molecule has 124 valence electrons. The fraction of sp³-hybridized carbons (Fsp3) is 0.647. The fourth-order valence-corrected chi connectivity index (χ4v) is 3.70. The fourth-order valence-electron chi connectivity index (χ4n) is 3.07. The molecule has 1 aliphatic rings. The Bertz CT molecular complexity index is 568. The van der Waals surface area contributed by atoms with Gasteiger partial charge in [0.1, 0.15) is 0 Å². The van der Waals surface area contributed by atoms with E-state index in [-0.39, 0.29) is 0 Å². The van der Waals surface area contributed by atoms with Crippen LogP contribution < -0.4 is 0 Å². The molecule has 2 rings (SSSR count). The van der Waals surface area contributed by atoms with E-state index in [2.05, 4.69) is 11.8 Å². The minimum Gasteiger partial charge on any atom is -0.381 e. The van der Waals surface area contributed by atoms with Crippen molar-refractivity contribution in [2.75, 3.05) is 32.6 Å². The Hall–Kier alpha value is -0.910. The maximum atomic E-state index is 11.5. The van der Waals surface area contributed by atoms with Crippen LogP contribution in [0.4, 0.5) is 0 Å². The number of hydrogen-bond donors (Lipinski definition) is 0. The highest BCUT2D eigenvalue weighted by Gasteiger charge is 2.24. The van der Waals surface area contributed by atoms with Gasteiger partial charge in [0.2, 0.25) is 0 Å². The predicted molar refractivity (Wildman–Crippen MR) is 88.8 cm³/mol. The second-order valence-electron chi connectivity index (χ2n) is 6.18. The molecule has 5 heteroatoms. The van der Waals surface area contributed by atoms with Crippen LogP contribution in [0.3, 0.4) is 0 Å². The summed E-state index contributed by atoms with van der Waals surface area (Å²) in [6.45, 7) is 7.99. The number of nitrogens with zero attached hydrogens (tertiary/aromatic N) is 1. The number of likely N-dealkylation sites (tertiary alicyclic amines) is 1. The maximum Gasteiger partial charge on any atom is 0.175 e. The van der Waals surface area contributed by atoms with Gasteiger partial charge in [-0.1, -0.05) is 12.1 Å². The molecule has 1 heterocycles. The van der Waals surface area contributed by atoms with Crippen molar-refractivity contribution >= 4 is 9.84 Å². The Morgan fingerprint density at radius 3 is 2.59 bits per heavy atom. The summed E-state index contributed by atoms with van der Waals surface area (Å²) in [4.78, 5) is 2.86. The molecule has 1 aliphatic heterocycles. The van der Waals surface area contributed by atoms with Gasteiger partial charge in [0.15, 0.2) is 9.84 Å². The van der Waals surface area contributed by atoms with Crippen LogP contribution in [0.2, 0.25) is 0 Å². The van der Waals surface area contributed by atoms with E-state index in [1.165, 1.54) is 24.7 Å². The van der Waals surface area contributed by atoms with Crippen LogP contribution in [0.25, 0.3) is 0 Å². The lowest BCUT2D eigenvalue weighted by Crippen LogP contribution is -2.38. The number of benzene rings is 1. The Morgan fingerprint density at radius 2 is 2.00 bits per heavy atom. The number of piperidine rings is 1. The number of sulfone groups is 1. The van der Waals surface area contributed by atoms with Gasteiger partial charge in [-0.15, -0.1) is 0 Å². The Morgan fingerprint density at radius 1 is 1.32 bits per heavy atom. The molecule has 0 saturated carbocycles. The Labute approximate surface area is 134 Å². The molecule has 1 fully saturated rings. The van der Waals surface area contributed by atoms with Crippen LogP contribution in [0.1, 0.15) is 38.3 Å². The third-order valence-electron chi connectivity index (χ3n) is 4.45. The third-order valence-corrected chi connectivity index (χ3v) is 5.57. The molecule has 0 bridgehead atoms. The highest BCUT2D eigenvalue weighted by Crippen LogP contribution is 2.27. The number of ether oxygens (including phenoxy) is 1. The van der Waals surface area contributed by atoms with Gasteiger partial charge in [-0.2, -0.15) is 0 Å². The standard InChI is InChI=1S/C17H27NO3S/c1-4-21-13-15-6-5-11-18(12-15)14(2)16-7-9-17(10-8-16)22(3,19)20/h7-10,14-15H,4-6,11-13H2,1-3H3. The van der Waals surface area contributed by atoms with Crippen LogP contribution in [0.5, 0.6) is 0 Å². The summed E-state index contributed by atoms with van der Waals surface area (Å²) < 4.78 is 28.6. The molecule has 1 aromatic rings. The molecule has 0 spiro atoms. The molecule has 0 aromatic heterocycles. The van der Waals surface area contributed by atoms with E-state index < -0.39 is 9.84 Å². The summed E-state index contributed by atoms with van der Waals surface area (Å²) in [5.41, 5.74) is 1.17. The first-order chi connectivity index (χ1) is 10.4. The van der Waals surface area contributed by atoms with Crippen molar-refractivity contribution in [2.24, 2.45) is 5.92 Å². The minimum absolute atomic E-state index is 0.304. The van der Waals surface area contributed by atoms with E-state index in [4.69, 9.17) is 4.74 Å². The first-order valence-corrected chi connectivity index (χ1v) is 9.92. The topological polar surface area (TPSA) is 46.6 Å². The summed E-state index contributed by atoms with van der Waals surface area (Å²) in [6.07, 6.45) is 3.67. The van der Waals surface area contributed by atoms with Gasteiger partial charge >= 0.3 is 0 Å². The molecular weight excluding hydrogens is 298 g/mol. The van der Waals surface area contributed by atoms with Crippen molar-refractivity contribution in [1.29, 1.82) is 0 Å². The minimum atomic E-state index is -3.12. The zero-order chi connectivity index (χ0) is 16.2. The Balaban J connectivity index is 2.02. The number of hydrogen-bond acceptors (Lipinski definition) is 4. The van der Waals surface area contributed by atoms with Gasteiger partial charge in [0, 0.05) is 25.4 Å². The molecule has 2 unspecified atom stereocenters. The van der Waals surface area contributed by atoms with E-state index in [1.807, 2.05) is 19.1 Å². The van der Waals surface area contributed by atoms with Crippen LogP contribution in [-0.2, 0) is 14.6 Å². The average molecular weight is 325 g/mol. The predicted octanol–water partition coefficient (Wildman–Crippen LogP) is 2.90. The molecule has 4 nitrogen and oxygen atoms in total. The lowest BCUT2D eigenvalue weighted by Gasteiger charge is -2.37. The van der Waals surface area contributed by atoms with Crippen molar-refractivity contribution in [3.8, 4) is 0 Å². The molecule has 0 amide bonds. The van der Waals surface area contributed by atoms with Crippen molar-refractivity contribution in [2.45, 2.75) is 37.6 Å². The van der Waals surface area contributed by atoms with Crippen LogP contribution in [-0.4, -0.2) is 45.9 Å². The van der Waals surface area contributed by atoms with Gasteiger partial charge in [0.05, 0.1) is 11.5 Å². The van der Waals surface area contributed by atoms with E-state index in [1.54, 1.807) is 12.1 Å². The van der Waals surface area contributed by atoms with Crippen molar-refractivity contribution in [3.05, 3.63) is 29.8 Å². The first-order valence-electron chi connectivity index (χ1n) is 8.03. The molecule has 1 saturated heterocycles. The zero-order valence-corrected chi connectivity index (χ0v) is 14.6. The molecule has 22 heavy (non-hydrogen) atoms.